The van der Waals surface area contributed by atoms with Crippen molar-refractivity contribution in [3.63, 3.8) is 0 Å². The van der Waals surface area contributed by atoms with Crippen LogP contribution in [0.4, 0.5) is 0 Å². The largest absolute Gasteiger partial charge is 0.481 e. The fraction of sp³-hybridized carbons (Fsp3) is 0.938. The smallest absolute Gasteiger partial charge is 0.307 e. The van der Waals surface area contributed by atoms with Crippen LogP contribution in [-0.2, 0) is 4.79 Å². The summed E-state index contributed by atoms with van der Waals surface area (Å²) in [5, 5.41) is 9.17. The number of aliphatic carboxylic acids is 1. The lowest BCUT2D eigenvalue weighted by Gasteiger charge is -2.35. The number of carbonyl (C=O) groups is 1. The van der Waals surface area contributed by atoms with Gasteiger partial charge in [0.1, 0.15) is 0 Å². The Balaban J connectivity index is 2.59. The predicted octanol–water partition coefficient (Wildman–Crippen LogP) is 2.68. The number of nitrogens with zero attached hydrogens (tertiary/aromatic N) is 2. The first-order valence-corrected chi connectivity index (χ1v) is 8.12. The fourth-order valence-corrected chi connectivity index (χ4v) is 2.98. The molecule has 0 aliphatic heterocycles. The van der Waals surface area contributed by atoms with E-state index in [1.165, 1.54) is 44.9 Å². The minimum absolute atomic E-state index is 0.275. The van der Waals surface area contributed by atoms with E-state index in [-0.39, 0.29) is 5.92 Å². The minimum Gasteiger partial charge on any atom is -0.481 e. The van der Waals surface area contributed by atoms with E-state index in [1.54, 1.807) is 0 Å². The summed E-state index contributed by atoms with van der Waals surface area (Å²) in [4.78, 5) is 15.8. The van der Waals surface area contributed by atoms with Crippen LogP contribution in [0.5, 0.6) is 0 Å². The van der Waals surface area contributed by atoms with Crippen LogP contribution in [0.3, 0.4) is 0 Å². The number of hydrogen-bond acceptors (Lipinski definition) is 3. The Kier molecular flexibility index (Phi) is 8.15. The molecule has 4 nitrogen and oxygen atoms in total. The molecule has 0 radical (unpaired) electrons. The average molecular weight is 284 g/mol. The van der Waals surface area contributed by atoms with E-state index in [0.29, 0.717) is 12.6 Å². The average Bonchev–Trinajstić information content (AvgIpc) is 2.34. The highest BCUT2D eigenvalue weighted by Gasteiger charge is 2.23. The van der Waals surface area contributed by atoms with Crippen molar-refractivity contribution in [3.8, 4) is 0 Å². The number of hydrogen-bond donors (Lipinski definition) is 1. The fourth-order valence-electron chi connectivity index (χ4n) is 2.98. The van der Waals surface area contributed by atoms with Crippen LogP contribution in [0.25, 0.3) is 0 Å². The minimum atomic E-state index is -0.675. The highest BCUT2D eigenvalue weighted by Crippen LogP contribution is 2.22. The molecule has 1 unspecified atom stereocenters. The normalized spacial score (nSPS) is 19.9. The third kappa shape index (κ3) is 6.71. The Bertz CT molecular complexity index is 274. The summed E-state index contributed by atoms with van der Waals surface area (Å²) in [5.74, 6) is -0.951. The summed E-state index contributed by atoms with van der Waals surface area (Å²) >= 11 is 0. The lowest BCUT2D eigenvalue weighted by Crippen LogP contribution is -2.43. The van der Waals surface area contributed by atoms with Crippen molar-refractivity contribution in [3.05, 3.63) is 0 Å². The van der Waals surface area contributed by atoms with E-state index in [0.717, 1.165) is 13.1 Å². The second-order valence-corrected chi connectivity index (χ2v) is 6.54. The quantitative estimate of drug-likeness (QED) is 0.780. The van der Waals surface area contributed by atoms with Gasteiger partial charge in [0.25, 0.3) is 0 Å². The van der Waals surface area contributed by atoms with E-state index < -0.39 is 5.97 Å². The van der Waals surface area contributed by atoms with Crippen molar-refractivity contribution in [1.82, 2.24) is 9.80 Å². The zero-order valence-corrected chi connectivity index (χ0v) is 13.5. The highest BCUT2D eigenvalue weighted by molar-refractivity contribution is 5.69. The van der Waals surface area contributed by atoms with Crippen LogP contribution >= 0.6 is 0 Å². The van der Waals surface area contributed by atoms with Crippen LogP contribution in [0, 0.1) is 5.92 Å². The summed E-state index contributed by atoms with van der Waals surface area (Å²) in [7, 11) is 4.16. The van der Waals surface area contributed by atoms with E-state index in [4.69, 9.17) is 0 Å². The van der Waals surface area contributed by atoms with Crippen LogP contribution in [0.1, 0.15) is 51.9 Å². The first-order chi connectivity index (χ1) is 9.50. The van der Waals surface area contributed by atoms with E-state index in [1.807, 2.05) is 6.92 Å². The van der Waals surface area contributed by atoms with Crippen molar-refractivity contribution < 1.29 is 9.90 Å². The van der Waals surface area contributed by atoms with E-state index in [9.17, 15) is 9.90 Å². The molecule has 0 bridgehead atoms. The molecule has 1 saturated carbocycles. The van der Waals surface area contributed by atoms with Gasteiger partial charge in [0, 0.05) is 25.7 Å². The third-order valence-corrected chi connectivity index (χ3v) is 4.36. The van der Waals surface area contributed by atoms with Crippen LogP contribution in [0.15, 0.2) is 0 Å². The molecule has 1 fully saturated rings. The molecule has 0 spiro atoms. The number of rotatable bonds is 7. The Morgan fingerprint density at radius 2 is 1.65 bits per heavy atom. The summed E-state index contributed by atoms with van der Waals surface area (Å²) in [6.45, 7) is 4.50. The summed E-state index contributed by atoms with van der Waals surface area (Å²) in [6.07, 6.45) is 9.11. The van der Waals surface area contributed by atoms with Gasteiger partial charge in [-0.2, -0.15) is 0 Å². The molecule has 0 saturated heterocycles. The molecule has 0 amide bonds. The Hall–Kier alpha value is -0.610. The van der Waals surface area contributed by atoms with Crippen molar-refractivity contribution in [2.45, 2.75) is 57.9 Å². The van der Waals surface area contributed by atoms with Gasteiger partial charge < -0.3 is 10.0 Å². The van der Waals surface area contributed by atoms with Crippen LogP contribution < -0.4 is 0 Å². The number of likely N-dealkylation sites (N-methyl/N-ethyl adjacent to an activating group) is 1. The molecule has 20 heavy (non-hydrogen) atoms. The second-order valence-electron chi connectivity index (χ2n) is 6.54. The molecule has 1 aliphatic carbocycles. The Morgan fingerprint density at radius 1 is 1.10 bits per heavy atom. The molecular formula is C16H32N2O2. The molecule has 1 aliphatic rings. The molecule has 118 valence electrons. The zero-order valence-electron chi connectivity index (χ0n) is 13.5. The molecular weight excluding hydrogens is 252 g/mol. The molecule has 4 heteroatoms. The van der Waals surface area contributed by atoms with Gasteiger partial charge in [-0.1, -0.05) is 39.0 Å². The molecule has 0 heterocycles. The Labute approximate surface area is 124 Å². The van der Waals surface area contributed by atoms with Crippen LogP contribution in [-0.4, -0.2) is 60.6 Å². The standard InChI is InChI=1S/C16H32N2O2/c1-14(16(19)20)13-18(12-11-17(2)3)15-9-7-5-4-6-8-10-15/h14-15H,4-13H2,1-3H3,(H,19,20). The highest BCUT2D eigenvalue weighted by atomic mass is 16.4. The van der Waals surface area contributed by atoms with Gasteiger partial charge in [0.2, 0.25) is 0 Å². The van der Waals surface area contributed by atoms with Gasteiger partial charge in [0.05, 0.1) is 5.92 Å². The van der Waals surface area contributed by atoms with Gasteiger partial charge in [0.15, 0.2) is 0 Å². The monoisotopic (exact) mass is 284 g/mol. The van der Waals surface area contributed by atoms with Crippen molar-refractivity contribution in [2.75, 3.05) is 33.7 Å². The molecule has 0 aromatic heterocycles. The van der Waals surface area contributed by atoms with Gasteiger partial charge in [-0.25, -0.2) is 0 Å². The number of carboxylic acid groups (broad SMARTS) is 1. The lowest BCUT2D eigenvalue weighted by molar-refractivity contribution is -0.142. The molecule has 1 N–H and O–H groups in total. The van der Waals surface area contributed by atoms with E-state index >= 15 is 0 Å². The molecule has 0 aromatic rings. The zero-order chi connectivity index (χ0) is 15.0. The maximum absolute atomic E-state index is 11.1. The van der Waals surface area contributed by atoms with Gasteiger partial charge in [-0.05, 0) is 26.9 Å². The van der Waals surface area contributed by atoms with Gasteiger partial charge in [-0.3, -0.25) is 9.69 Å². The first kappa shape index (κ1) is 17.4. The second kappa shape index (κ2) is 9.35. The van der Waals surface area contributed by atoms with Crippen molar-refractivity contribution in [2.24, 2.45) is 5.92 Å². The van der Waals surface area contributed by atoms with Crippen molar-refractivity contribution >= 4 is 5.97 Å². The molecule has 1 rings (SSSR count). The topological polar surface area (TPSA) is 43.8 Å². The van der Waals surface area contributed by atoms with Gasteiger partial charge in [-0.15, -0.1) is 0 Å². The van der Waals surface area contributed by atoms with Gasteiger partial charge >= 0.3 is 5.97 Å². The van der Waals surface area contributed by atoms with Crippen molar-refractivity contribution in [1.29, 1.82) is 0 Å². The first-order valence-electron chi connectivity index (χ1n) is 8.12. The summed E-state index contributed by atoms with van der Waals surface area (Å²) in [6, 6.07) is 0.581. The molecule has 0 aromatic carbocycles. The SMILES string of the molecule is CC(CN(CCN(C)C)C1CCCCCCC1)C(=O)O. The third-order valence-electron chi connectivity index (χ3n) is 4.36. The predicted molar refractivity (Wildman–Crippen MR) is 83.0 cm³/mol. The summed E-state index contributed by atoms with van der Waals surface area (Å²) < 4.78 is 0. The molecule has 1 atom stereocenters. The maximum Gasteiger partial charge on any atom is 0.307 e. The lowest BCUT2D eigenvalue weighted by atomic mass is 9.95. The Morgan fingerprint density at radius 3 is 2.15 bits per heavy atom. The van der Waals surface area contributed by atoms with E-state index in [2.05, 4.69) is 23.9 Å². The van der Waals surface area contributed by atoms with Crippen LogP contribution in [0.2, 0.25) is 0 Å². The maximum atomic E-state index is 11.1. The summed E-state index contributed by atoms with van der Waals surface area (Å²) in [5.41, 5.74) is 0. The number of carboxylic acids is 1.